The quantitative estimate of drug-likeness (QED) is 0.436. The van der Waals surface area contributed by atoms with Crippen LogP contribution >= 0.6 is 11.3 Å². The molecule has 0 bridgehead atoms. The van der Waals surface area contributed by atoms with Gasteiger partial charge in [-0.1, -0.05) is 41.7 Å². The number of hydrogen-bond donors (Lipinski definition) is 1. The van der Waals surface area contributed by atoms with Crippen molar-refractivity contribution in [3.05, 3.63) is 53.9 Å². The highest BCUT2D eigenvalue weighted by atomic mass is 32.2. The molecule has 1 N–H and O–H groups in total. The van der Waals surface area contributed by atoms with Gasteiger partial charge < -0.3 is 4.74 Å². The predicted molar refractivity (Wildman–Crippen MR) is 117 cm³/mol. The molecule has 0 saturated heterocycles. The van der Waals surface area contributed by atoms with Crippen molar-refractivity contribution < 1.29 is 17.9 Å². The lowest BCUT2D eigenvalue weighted by molar-refractivity contribution is -0.120. The molecule has 0 atom stereocenters. The zero-order valence-corrected chi connectivity index (χ0v) is 17.8. The van der Waals surface area contributed by atoms with Gasteiger partial charge in [-0.2, -0.15) is 10.1 Å². The number of hydrogen-bond acceptors (Lipinski definition) is 7. The Morgan fingerprint density at radius 3 is 2.63 bits per heavy atom. The average Bonchev–Trinajstić information content (AvgIpc) is 3.33. The summed E-state index contributed by atoms with van der Waals surface area (Å²) in [4.78, 5) is 14.9. The van der Waals surface area contributed by atoms with E-state index in [1.165, 1.54) is 11.3 Å². The van der Waals surface area contributed by atoms with Crippen LogP contribution in [0.25, 0.3) is 27.3 Å². The smallest absolute Gasteiger partial charge is 0.299 e. The maximum absolute atomic E-state index is 12.3. The Morgan fingerprint density at radius 1 is 1.17 bits per heavy atom. The molecule has 0 fully saturated rings. The van der Waals surface area contributed by atoms with Gasteiger partial charge in [0, 0.05) is 10.9 Å². The van der Waals surface area contributed by atoms with E-state index in [1.807, 2.05) is 36.4 Å². The van der Waals surface area contributed by atoms with Crippen molar-refractivity contribution >= 4 is 44.4 Å². The van der Waals surface area contributed by atoms with Crippen molar-refractivity contribution in [2.45, 2.75) is 19.1 Å². The monoisotopic (exact) mass is 442 g/mol. The summed E-state index contributed by atoms with van der Waals surface area (Å²) in [5.41, 5.74) is 2.75. The third-order valence-corrected chi connectivity index (χ3v) is 6.99. The van der Waals surface area contributed by atoms with E-state index in [0.29, 0.717) is 22.8 Å². The molecule has 10 heteroatoms. The molecule has 0 spiro atoms. The third kappa shape index (κ3) is 3.79. The molecule has 30 heavy (non-hydrogen) atoms. The number of nitrogens with one attached hydrogen (secondary N) is 1. The van der Waals surface area contributed by atoms with Crippen molar-refractivity contribution in [2.24, 2.45) is 0 Å². The minimum Gasteiger partial charge on any atom is -0.409 e. The zero-order valence-electron chi connectivity index (χ0n) is 16.1. The number of anilines is 1. The molecule has 2 aromatic carbocycles. The molecule has 0 aliphatic heterocycles. The van der Waals surface area contributed by atoms with Crippen LogP contribution in [-0.4, -0.2) is 34.9 Å². The van der Waals surface area contributed by atoms with E-state index >= 15 is 0 Å². The minimum atomic E-state index is -3.50. The molecule has 0 aliphatic rings. The Kier molecular flexibility index (Phi) is 5.27. The Morgan fingerprint density at radius 2 is 1.93 bits per heavy atom. The molecule has 8 nitrogen and oxygen atoms in total. The predicted octanol–water partition coefficient (Wildman–Crippen LogP) is 3.83. The first-order valence-corrected chi connectivity index (χ1v) is 11.5. The molecule has 0 radical (unpaired) electrons. The number of ether oxygens (including phenoxy) is 1. The highest BCUT2D eigenvalue weighted by Crippen LogP contribution is 2.33. The van der Waals surface area contributed by atoms with Crippen LogP contribution in [0.15, 0.2) is 53.9 Å². The lowest BCUT2D eigenvalue weighted by Gasteiger charge is -2.11. The summed E-state index contributed by atoms with van der Waals surface area (Å²) in [6, 6.07) is 14.9. The number of rotatable bonds is 7. The van der Waals surface area contributed by atoms with Gasteiger partial charge in [-0.05, 0) is 32.0 Å². The van der Waals surface area contributed by atoms with Crippen molar-refractivity contribution in [1.29, 1.82) is 0 Å². The van der Waals surface area contributed by atoms with Gasteiger partial charge in [-0.3, -0.25) is 9.52 Å². The number of thiazole rings is 1. The Balaban J connectivity index is 1.89. The Hall–Kier alpha value is -3.24. The fourth-order valence-corrected chi connectivity index (χ4v) is 4.25. The van der Waals surface area contributed by atoms with Crippen LogP contribution in [0, 0.1) is 0 Å². The van der Waals surface area contributed by atoms with Gasteiger partial charge >= 0.3 is 0 Å². The first-order chi connectivity index (χ1) is 14.4. The molecule has 154 valence electrons. The molecule has 4 aromatic rings. The van der Waals surface area contributed by atoms with Crippen molar-refractivity contribution in [3.8, 4) is 22.3 Å². The van der Waals surface area contributed by atoms with E-state index in [4.69, 9.17) is 9.84 Å². The van der Waals surface area contributed by atoms with E-state index in [2.05, 4.69) is 9.71 Å². The number of benzene rings is 2. The van der Waals surface area contributed by atoms with Crippen molar-refractivity contribution in [2.75, 3.05) is 4.72 Å². The lowest BCUT2D eigenvalue weighted by Crippen LogP contribution is -2.22. The molecule has 0 amide bonds. The highest BCUT2D eigenvalue weighted by molar-refractivity contribution is 7.93. The zero-order chi connectivity index (χ0) is 21.3. The van der Waals surface area contributed by atoms with E-state index in [0.717, 1.165) is 16.6 Å². The van der Waals surface area contributed by atoms with E-state index in [9.17, 15) is 13.2 Å². The minimum absolute atomic E-state index is 0.173. The summed E-state index contributed by atoms with van der Waals surface area (Å²) in [5.74, 6) is 0.173. The SMILES string of the molecule is CC(C)S(=O)(=O)Nc1ccc2c(-c3ccccc3)nn(-c3nc(OC=O)cs3)c2c1. The third-order valence-electron chi connectivity index (χ3n) is 4.43. The summed E-state index contributed by atoms with van der Waals surface area (Å²) < 4.78 is 33.6. The van der Waals surface area contributed by atoms with Crippen LogP contribution in [0.2, 0.25) is 0 Å². The first-order valence-electron chi connectivity index (χ1n) is 9.05. The largest absolute Gasteiger partial charge is 0.409 e. The number of carbonyl (C=O) groups is 1. The normalized spacial score (nSPS) is 11.7. The first kappa shape index (κ1) is 20.0. The van der Waals surface area contributed by atoms with Gasteiger partial charge in [0.1, 0.15) is 5.69 Å². The number of aromatic nitrogens is 3. The van der Waals surface area contributed by atoms with E-state index < -0.39 is 15.3 Å². The molecule has 4 rings (SSSR count). The number of nitrogens with zero attached hydrogens (tertiary/aromatic N) is 3. The fraction of sp³-hybridized carbons (Fsp3) is 0.150. The van der Waals surface area contributed by atoms with E-state index in [-0.39, 0.29) is 5.88 Å². The molecular weight excluding hydrogens is 424 g/mol. The molecule has 0 saturated carbocycles. The van der Waals surface area contributed by atoms with Gasteiger partial charge in [0.2, 0.25) is 21.0 Å². The second kappa shape index (κ2) is 7.88. The Bertz CT molecular complexity index is 1310. The van der Waals surface area contributed by atoms with E-state index in [1.54, 1.807) is 36.0 Å². The second-order valence-corrected chi connectivity index (χ2v) is 9.81. The van der Waals surface area contributed by atoms with Gasteiger partial charge in [0.15, 0.2) is 0 Å². The van der Waals surface area contributed by atoms with Gasteiger partial charge in [-0.25, -0.2) is 13.1 Å². The van der Waals surface area contributed by atoms with Crippen LogP contribution < -0.4 is 9.46 Å². The topological polar surface area (TPSA) is 103 Å². The maximum Gasteiger partial charge on any atom is 0.299 e. The fourth-order valence-electron chi connectivity index (χ4n) is 2.87. The summed E-state index contributed by atoms with van der Waals surface area (Å²) in [6.45, 7) is 3.54. The number of fused-ring (bicyclic) bond motifs is 1. The highest BCUT2D eigenvalue weighted by Gasteiger charge is 2.19. The number of carbonyl (C=O) groups excluding carboxylic acids is 1. The van der Waals surface area contributed by atoms with Gasteiger partial charge in [-0.15, -0.1) is 0 Å². The summed E-state index contributed by atoms with van der Waals surface area (Å²) in [6.07, 6.45) is 0. The summed E-state index contributed by atoms with van der Waals surface area (Å²) in [7, 11) is -3.50. The maximum atomic E-state index is 12.3. The van der Waals surface area contributed by atoms with Gasteiger partial charge in [0.25, 0.3) is 6.47 Å². The summed E-state index contributed by atoms with van der Waals surface area (Å²) in [5, 5.41) is 7.08. The lowest BCUT2D eigenvalue weighted by atomic mass is 10.1. The number of sulfonamides is 1. The summed E-state index contributed by atoms with van der Waals surface area (Å²) >= 11 is 1.26. The average molecular weight is 443 g/mol. The Labute approximate surface area is 177 Å². The molecule has 2 aromatic heterocycles. The second-order valence-electron chi connectivity index (χ2n) is 6.74. The van der Waals surface area contributed by atoms with Crippen molar-refractivity contribution in [1.82, 2.24) is 14.8 Å². The van der Waals surface area contributed by atoms with Crippen LogP contribution in [0.3, 0.4) is 0 Å². The van der Waals surface area contributed by atoms with Crippen LogP contribution in [0.4, 0.5) is 5.69 Å². The molecule has 0 unspecified atom stereocenters. The molecule has 0 aliphatic carbocycles. The van der Waals surface area contributed by atoms with Crippen molar-refractivity contribution in [3.63, 3.8) is 0 Å². The van der Waals surface area contributed by atoms with Crippen LogP contribution in [0.1, 0.15) is 13.8 Å². The molecule has 2 heterocycles. The molecular formula is C20H18N4O4S2. The van der Waals surface area contributed by atoms with Crippen LogP contribution in [-0.2, 0) is 14.8 Å². The van der Waals surface area contributed by atoms with Gasteiger partial charge in [0.05, 0.1) is 21.8 Å². The standard InChI is InChI=1S/C20H18N4O4S2/c1-13(2)30(26,27)23-15-8-9-16-17(10-15)24(20-21-18(11-29-20)28-12-25)22-19(16)14-6-4-3-5-7-14/h3-13,23H,1-2H3. The van der Waals surface area contributed by atoms with Crippen LogP contribution in [0.5, 0.6) is 5.88 Å².